The number of carbonyl (C=O) groups excluding carboxylic acids is 1. The van der Waals surface area contributed by atoms with Crippen molar-refractivity contribution in [3.63, 3.8) is 0 Å². The molecule has 0 fully saturated rings. The normalized spacial score (nSPS) is 16.3. The molecule has 1 atom stereocenters. The first-order valence-corrected chi connectivity index (χ1v) is 10.0. The molecule has 0 saturated heterocycles. The molecule has 0 radical (unpaired) electrons. The number of hydrogen-bond acceptors (Lipinski definition) is 4. The number of fused-ring (bicyclic) bond motifs is 1. The molecule has 1 unspecified atom stereocenters. The third kappa shape index (κ3) is 3.50. The number of thiophene rings is 1. The zero-order chi connectivity index (χ0) is 17.1. The summed E-state index contributed by atoms with van der Waals surface area (Å²) >= 11 is 3.28. The molecule has 124 valence electrons. The highest BCUT2D eigenvalue weighted by molar-refractivity contribution is 7.99. The van der Waals surface area contributed by atoms with E-state index in [0.717, 1.165) is 35.5 Å². The fourth-order valence-electron chi connectivity index (χ4n) is 3.03. The van der Waals surface area contributed by atoms with E-state index in [0.29, 0.717) is 22.0 Å². The van der Waals surface area contributed by atoms with E-state index in [4.69, 9.17) is 0 Å². The lowest BCUT2D eigenvalue weighted by Gasteiger charge is -2.17. The SMILES string of the molecule is CCSc1cccc(C(=O)Nc2sc3c(c2C#N)CCC(C)C3)c1. The summed E-state index contributed by atoms with van der Waals surface area (Å²) in [7, 11) is 0. The third-order valence-electron chi connectivity index (χ3n) is 4.26. The van der Waals surface area contributed by atoms with Crippen LogP contribution >= 0.6 is 23.1 Å². The van der Waals surface area contributed by atoms with Crippen LogP contribution in [0.4, 0.5) is 5.00 Å². The number of nitrogens with one attached hydrogen (secondary N) is 1. The van der Waals surface area contributed by atoms with Crippen LogP contribution in [0.25, 0.3) is 0 Å². The zero-order valence-corrected chi connectivity index (χ0v) is 15.5. The molecule has 1 aromatic carbocycles. The van der Waals surface area contributed by atoms with Crippen LogP contribution in [0.3, 0.4) is 0 Å². The van der Waals surface area contributed by atoms with Crippen LogP contribution < -0.4 is 5.32 Å². The average molecular weight is 357 g/mol. The maximum absolute atomic E-state index is 12.6. The topological polar surface area (TPSA) is 52.9 Å². The number of thioether (sulfide) groups is 1. The lowest BCUT2D eigenvalue weighted by molar-refractivity contribution is 0.102. The number of carbonyl (C=O) groups is 1. The van der Waals surface area contributed by atoms with E-state index < -0.39 is 0 Å². The first kappa shape index (κ1) is 17.1. The molecule has 1 aliphatic carbocycles. The first-order valence-electron chi connectivity index (χ1n) is 8.21. The van der Waals surface area contributed by atoms with E-state index in [9.17, 15) is 10.1 Å². The standard InChI is InChI=1S/C19H20N2OS2/c1-3-23-14-6-4-5-13(10-14)18(22)21-19-16(11-20)15-8-7-12(2)9-17(15)24-19/h4-6,10,12H,3,7-9H2,1-2H3,(H,21,22). The predicted molar refractivity (Wildman–Crippen MR) is 101 cm³/mol. The Morgan fingerprint density at radius 3 is 3.08 bits per heavy atom. The first-order chi connectivity index (χ1) is 11.6. The molecule has 3 rings (SSSR count). The van der Waals surface area contributed by atoms with Crippen LogP contribution in [-0.4, -0.2) is 11.7 Å². The minimum absolute atomic E-state index is 0.142. The predicted octanol–water partition coefficient (Wildman–Crippen LogP) is 5.11. The number of nitrogens with zero attached hydrogens (tertiary/aromatic N) is 1. The second-order valence-corrected chi connectivity index (χ2v) is 8.53. The Balaban J connectivity index is 1.85. The van der Waals surface area contributed by atoms with Crippen molar-refractivity contribution < 1.29 is 4.79 Å². The number of nitriles is 1. The van der Waals surface area contributed by atoms with E-state index >= 15 is 0 Å². The van der Waals surface area contributed by atoms with Crippen LogP contribution in [0.2, 0.25) is 0 Å². The molecule has 0 bridgehead atoms. The van der Waals surface area contributed by atoms with Crippen molar-refractivity contribution in [2.75, 3.05) is 11.1 Å². The summed E-state index contributed by atoms with van der Waals surface area (Å²) in [5.74, 6) is 1.48. The highest BCUT2D eigenvalue weighted by Crippen LogP contribution is 2.39. The Morgan fingerprint density at radius 2 is 2.33 bits per heavy atom. The Morgan fingerprint density at radius 1 is 1.50 bits per heavy atom. The fourth-order valence-corrected chi connectivity index (χ4v) is 5.10. The van der Waals surface area contributed by atoms with Crippen LogP contribution in [0.5, 0.6) is 0 Å². The zero-order valence-electron chi connectivity index (χ0n) is 13.9. The molecule has 0 spiro atoms. The van der Waals surface area contributed by atoms with Crippen molar-refractivity contribution in [1.82, 2.24) is 0 Å². The molecule has 24 heavy (non-hydrogen) atoms. The molecule has 1 heterocycles. The molecule has 0 saturated carbocycles. The number of anilines is 1. The van der Waals surface area contributed by atoms with E-state index in [1.165, 1.54) is 4.88 Å². The Labute approximate surface area is 151 Å². The van der Waals surface area contributed by atoms with Gasteiger partial charge < -0.3 is 5.32 Å². The number of rotatable bonds is 4. The van der Waals surface area contributed by atoms with Gasteiger partial charge in [-0.2, -0.15) is 5.26 Å². The van der Waals surface area contributed by atoms with Gasteiger partial charge in [0.1, 0.15) is 11.1 Å². The van der Waals surface area contributed by atoms with Crippen LogP contribution in [0, 0.1) is 17.2 Å². The van der Waals surface area contributed by atoms with E-state index in [2.05, 4.69) is 25.2 Å². The van der Waals surface area contributed by atoms with E-state index in [-0.39, 0.29) is 5.91 Å². The number of hydrogen-bond donors (Lipinski definition) is 1. The molecule has 1 N–H and O–H groups in total. The van der Waals surface area contributed by atoms with Gasteiger partial charge in [-0.15, -0.1) is 23.1 Å². The minimum atomic E-state index is -0.142. The molecule has 5 heteroatoms. The second-order valence-electron chi connectivity index (χ2n) is 6.08. The Bertz CT molecular complexity index is 804. The van der Waals surface area contributed by atoms with Gasteiger partial charge >= 0.3 is 0 Å². The quantitative estimate of drug-likeness (QED) is 0.775. The van der Waals surface area contributed by atoms with Crippen molar-refractivity contribution in [2.45, 2.75) is 38.0 Å². The molecule has 3 nitrogen and oxygen atoms in total. The van der Waals surface area contributed by atoms with Gasteiger partial charge in [-0.25, -0.2) is 0 Å². The van der Waals surface area contributed by atoms with Gasteiger partial charge in [-0.3, -0.25) is 4.79 Å². The molecular weight excluding hydrogens is 336 g/mol. The van der Waals surface area contributed by atoms with Crippen molar-refractivity contribution >= 4 is 34.0 Å². The van der Waals surface area contributed by atoms with Gasteiger partial charge in [0.05, 0.1) is 5.56 Å². The number of amides is 1. The minimum Gasteiger partial charge on any atom is -0.312 e. The van der Waals surface area contributed by atoms with Crippen molar-refractivity contribution in [1.29, 1.82) is 5.26 Å². The van der Waals surface area contributed by atoms with Gasteiger partial charge in [-0.05, 0) is 54.7 Å². The van der Waals surface area contributed by atoms with Crippen LogP contribution in [0.15, 0.2) is 29.2 Å². The average Bonchev–Trinajstić information content (AvgIpc) is 2.91. The maximum atomic E-state index is 12.6. The molecule has 0 aliphatic heterocycles. The summed E-state index contributed by atoms with van der Waals surface area (Å²) < 4.78 is 0. The molecule has 1 amide bonds. The summed E-state index contributed by atoms with van der Waals surface area (Å²) in [5.41, 5.74) is 2.44. The molecule has 2 aromatic rings. The fraction of sp³-hybridized carbons (Fsp3) is 0.368. The molecule has 1 aliphatic rings. The molecule has 1 aromatic heterocycles. The summed E-state index contributed by atoms with van der Waals surface area (Å²) in [6, 6.07) is 9.94. The smallest absolute Gasteiger partial charge is 0.256 e. The lowest BCUT2D eigenvalue weighted by Crippen LogP contribution is -2.12. The van der Waals surface area contributed by atoms with Crippen LogP contribution in [-0.2, 0) is 12.8 Å². The largest absolute Gasteiger partial charge is 0.312 e. The maximum Gasteiger partial charge on any atom is 0.256 e. The summed E-state index contributed by atoms with van der Waals surface area (Å²) in [6.07, 6.45) is 3.06. The third-order valence-corrected chi connectivity index (χ3v) is 6.30. The highest BCUT2D eigenvalue weighted by atomic mass is 32.2. The van der Waals surface area contributed by atoms with Crippen molar-refractivity contribution in [3.05, 3.63) is 45.8 Å². The summed E-state index contributed by atoms with van der Waals surface area (Å²) in [4.78, 5) is 14.9. The second kappa shape index (κ2) is 7.42. The van der Waals surface area contributed by atoms with Gasteiger partial charge in [0, 0.05) is 15.3 Å². The Kier molecular flexibility index (Phi) is 5.27. The number of benzene rings is 1. The van der Waals surface area contributed by atoms with Gasteiger partial charge in [-0.1, -0.05) is 19.9 Å². The van der Waals surface area contributed by atoms with E-state index in [1.807, 2.05) is 24.3 Å². The summed E-state index contributed by atoms with van der Waals surface area (Å²) in [6.45, 7) is 4.33. The van der Waals surface area contributed by atoms with E-state index in [1.54, 1.807) is 23.1 Å². The monoisotopic (exact) mass is 356 g/mol. The summed E-state index contributed by atoms with van der Waals surface area (Å²) in [5, 5.41) is 13.2. The van der Waals surface area contributed by atoms with Crippen molar-refractivity contribution in [2.24, 2.45) is 5.92 Å². The van der Waals surface area contributed by atoms with Gasteiger partial charge in [0.15, 0.2) is 0 Å². The van der Waals surface area contributed by atoms with Gasteiger partial charge in [0.2, 0.25) is 0 Å². The van der Waals surface area contributed by atoms with Gasteiger partial charge in [0.25, 0.3) is 5.91 Å². The molecular formula is C19H20N2OS2. The lowest BCUT2D eigenvalue weighted by atomic mass is 9.88. The highest BCUT2D eigenvalue weighted by Gasteiger charge is 2.24. The van der Waals surface area contributed by atoms with Crippen LogP contribution in [0.1, 0.15) is 46.6 Å². The Hall–Kier alpha value is -1.77. The van der Waals surface area contributed by atoms with Crippen molar-refractivity contribution in [3.8, 4) is 6.07 Å².